The zero-order chi connectivity index (χ0) is 17.0. The number of aryl methyl sites for hydroxylation is 1. The van der Waals surface area contributed by atoms with Gasteiger partial charge >= 0.3 is 11.8 Å². The minimum atomic E-state index is -1.12. The van der Waals surface area contributed by atoms with Gasteiger partial charge in [-0.1, -0.05) is 0 Å². The molecule has 1 atom stereocenters. The molecule has 0 bridgehead atoms. The first-order valence-corrected chi connectivity index (χ1v) is 6.72. The molecule has 0 radical (unpaired) electrons. The smallest absolute Gasteiger partial charge is 0.313 e. The Hall–Kier alpha value is -2.74. The molecule has 0 aliphatic rings. The second kappa shape index (κ2) is 7.01. The van der Waals surface area contributed by atoms with Crippen molar-refractivity contribution in [3.05, 3.63) is 53.9 Å². The number of rotatable bonds is 4. The van der Waals surface area contributed by atoms with E-state index >= 15 is 0 Å². The predicted molar refractivity (Wildman–Crippen MR) is 78.4 cm³/mol. The van der Waals surface area contributed by atoms with Crippen LogP contribution in [0.25, 0.3) is 0 Å². The van der Waals surface area contributed by atoms with Crippen molar-refractivity contribution in [3.8, 4) is 0 Å². The normalized spacial score (nSPS) is 11.8. The first-order valence-electron chi connectivity index (χ1n) is 6.72. The van der Waals surface area contributed by atoms with E-state index in [2.05, 4.69) is 5.32 Å². The van der Waals surface area contributed by atoms with Gasteiger partial charge in [-0.2, -0.15) is 0 Å². The Morgan fingerprint density at radius 2 is 2.00 bits per heavy atom. The van der Waals surface area contributed by atoms with E-state index in [1.165, 1.54) is 0 Å². The van der Waals surface area contributed by atoms with E-state index in [1.54, 1.807) is 29.9 Å². The number of carbonyl (C=O) groups is 2. The van der Waals surface area contributed by atoms with E-state index in [0.717, 1.165) is 12.1 Å². The number of nitrogens with zero attached hydrogens (tertiary/aromatic N) is 1. The van der Waals surface area contributed by atoms with Crippen molar-refractivity contribution >= 4 is 17.5 Å². The molecule has 122 valence electrons. The molecule has 1 aromatic heterocycles. The lowest BCUT2D eigenvalue weighted by Crippen LogP contribution is -2.38. The molecular weight excluding hydrogens is 308 g/mol. The molecule has 0 aliphatic heterocycles. The summed E-state index contributed by atoms with van der Waals surface area (Å²) < 4.78 is 27.8. The molecule has 2 rings (SSSR count). The van der Waals surface area contributed by atoms with Crippen molar-refractivity contribution in [3.63, 3.8) is 0 Å². The number of amides is 2. The number of anilines is 1. The third-order valence-corrected chi connectivity index (χ3v) is 3.17. The van der Waals surface area contributed by atoms with Crippen LogP contribution in [0.4, 0.5) is 14.5 Å². The Balaban J connectivity index is 1.90. The van der Waals surface area contributed by atoms with Crippen molar-refractivity contribution < 1.29 is 23.5 Å². The highest BCUT2D eigenvalue weighted by Gasteiger charge is 2.18. The van der Waals surface area contributed by atoms with Gasteiger partial charge < -0.3 is 20.3 Å². The standard InChI is InChI=1S/C15H15F2N3O3/c1-20-6-2-3-12(20)13(21)8-18-14(22)15(23)19-11-5-4-9(16)7-10(11)17/h2-7,13,21H,8H2,1H3,(H,18,22)(H,19,23). The monoisotopic (exact) mass is 323 g/mol. The topological polar surface area (TPSA) is 83.4 Å². The molecule has 0 aliphatic carbocycles. The number of aliphatic hydroxyl groups excluding tert-OH is 1. The maximum absolute atomic E-state index is 13.4. The van der Waals surface area contributed by atoms with Crippen LogP contribution in [0.15, 0.2) is 36.5 Å². The lowest BCUT2D eigenvalue weighted by Gasteiger charge is -2.13. The zero-order valence-corrected chi connectivity index (χ0v) is 12.2. The average molecular weight is 323 g/mol. The van der Waals surface area contributed by atoms with E-state index in [4.69, 9.17) is 0 Å². The van der Waals surface area contributed by atoms with Crippen LogP contribution in [0.2, 0.25) is 0 Å². The quantitative estimate of drug-likeness (QED) is 0.737. The van der Waals surface area contributed by atoms with Crippen molar-refractivity contribution in [2.75, 3.05) is 11.9 Å². The van der Waals surface area contributed by atoms with Crippen LogP contribution in [0.1, 0.15) is 11.8 Å². The first-order chi connectivity index (χ1) is 10.9. The largest absolute Gasteiger partial charge is 0.385 e. The van der Waals surface area contributed by atoms with Gasteiger partial charge in [-0.25, -0.2) is 8.78 Å². The Kier molecular flexibility index (Phi) is 5.07. The summed E-state index contributed by atoms with van der Waals surface area (Å²) in [6.07, 6.45) is 0.735. The van der Waals surface area contributed by atoms with E-state index in [9.17, 15) is 23.5 Å². The maximum Gasteiger partial charge on any atom is 0.313 e. The van der Waals surface area contributed by atoms with Crippen molar-refractivity contribution in [2.45, 2.75) is 6.10 Å². The van der Waals surface area contributed by atoms with E-state index in [0.29, 0.717) is 11.8 Å². The Morgan fingerprint density at radius 1 is 1.26 bits per heavy atom. The molecule has 1 aromatic carbocycles. The van der Waals surface area contributed by atoms with Gasteiger partial charge in [0, 0.05) is 31.5 Å². The lowest BCUT2D eigenvalue weighted by molar-refractivity contribution is -0.136. The van der Waals surface area contributed by atoms with E-state index < -0.39 is 29.6 Å². The molecule has 0 saturated carbocycles. The third-order valence-electron chi connectivity index (χ3n) is 3.17. The van der Waals surface area contributed by atoms with Gasteiger partial charge in [-0.05, 0) is 24.3 Å². The van der Waals surface area contributed by atoms with Crippen molar-refractivity contribution in [1.82, 2.24) is 9.88 Å². The summed E-state index contributed by atoms with van der Waals surface area (Å²) in [5.74, 6) is -3.94. The van der Waals surface area contributed by atoms with Crippen LogP contribution < -0.4 is 10.6 Å². The number of aliphatic hydroxyl groups is 1. The number of hydrogen-bond acceptors (Lipinski definition) is 3. The summed E-state index contributed by atoms with van der Waals surface area (Å²) in [5.41, 5.74) is 0.254. The Labute approximate surface area is 130 Å². The molecule has 0 fully saturated rings. The molecule has 6 nitrogen and oxygen atoms in total. The van der Waals surface area contributed by atoms with Gasteiger partial charge in [0.15, 0.2) is 0 Å². The molecular formula is C15H15F2N3O3. The number of nitrogens with one attached hydrogen (secondary N) is 2. The van der Waals surface area contributed by atoms with Crippen LogP contribution in [0.3, 0.4) is 0 Å². The van der Waals surface area contributed by atoms with E-state index in [1.807, 2.05) is 5.32 Å². The molecule has 2 amide bonds. The Bertz CT molecular complexity index is 731. The first kappa shape index (κ1) is 16.6. The molecule has 23 heavy (non-hydrogen) atoms. The fourth-order valence-corrected chi connectivity index (χ4v) is 1.96. The minimum Gasteiger partial charge on any atom is -0.385 e. The highest BCUT2D eigenvalue weighted by Crippen LogP contribution is 2.15. The van der Waals surface area contributed by atoms with Crippen molar-refractivity contribution in [1.29, 1.82) is 0 Å². The van der Waals surface area contributed by atoms with Crippen LogP contribution in [0.5, 0.6) is 0 Å². The third kappa shape index (κ3) is 4.13. The summed E-state index contributed by atoms with van der Waals surface area (Å²) in [6, 6.07) is 5.95. The molecule has 3 N–H and O–H groups in total. The summed E-state index contributed by atoms with van der Waals surface area (Å²) in [4.78, 5) is 23.3. The molecule has 1 heterocycles. The van der Waals surface area contributed by atoms with Gasteiger partial charge in [0.2, 0.25) is 0 Å². The number of halogens is 2. The number of benzene rings is 1. The van der Waals surface area contributed by atoms with Crippen LogP contribution in [-0.4, -0.2) is 28.0 Å². The number of aromatic nitrogens is 1. The lowest BCUT2D eigenvalue weighted by atomic mass is 10.2. The second-order valence-electron chi connectivity index (χ2n) is 4.85. The summed E-state index contributed by atoms with van der Waals surface area (Å²) >= 11 is 0. The Morgan fingerprint density at radius 3 is 2.61 bits per heavy atom. The molecule has 1 unspecified atom stereocenters. The van der Waals surface area contributed by atoms with Crippen LogP contribution in [-0.2, 0) is 16.6 Å². The molecule has 0 saturated heterocycles. The van der Waals surface area contributed by atoms with Crippen LogP contribution >= 0.6 is 0 Å². The molecule has 0 spiro atoms. The summed E-state index contributed by atoms with van der Waals surface area (Å²) in [6.45, 7) is -0.185. The van der Waals surface area contributed by atoms with Gasteiger partial charge in [0.1, 0.15) is 17.7 Å². The fourth-order valence-electron chi connectivity index (χ4n) is 1.96. The van der Waals surface area contributed by atoms with Crippen LogP contribution in [0, 0.1) is 11.6 Å². The van der Waals surface area contributed by atoms with Gasteiger partial charge in [-0.15, -0.1) is 0 Å². The zero-order valence-electron chi connectivity index (χ0n) is 12.2. The summed E-state index contributed by atoms with van der Waals surface area (Å²) in [7, 11) is 1.73. The van der Waals surface area contributed by atoms with Gasteiger partial charge in [0.05, 0.1) is 5.69 Å². The summed E-state index contributed by atoms with van der Waals surface area (Å²) in [5, 5.41) is 14.2. The fraction of sp³-hybridized carbons (Fsp3) is 0.200. The molecule has 2 aromatic rings. The average Bonchev–Trinajstić information content (AvgIpc) is 2.93. The highest BCUT2D eigenvalue weighted by molar-refractivity contribution is 6.39. The highest BCUT2D eigenvalue weighted by atomic mass is 19.1. The van der Waals surface area contributed by atoms with Gasteiger partial charge in [0.25, 0.3) is 0 Å². The minimum absolute atomic E-state index is 0.185. The number of hydrogen-bond donors (Lipinski definition) is 3. The SMILES string of the molecule is Cn1cccc1C(O)CNC(=O)C(=O)Nc1ccc(F)cc1F. The molecule has 8 heteroatoms. The van der Waals surface area contributed by atoms with Crippen molar-refractivity contribution in [2.24, 2.45) is 7.05 Å². The predicted octanol–water partition coefficient (Wildman–Crippen LogP) is 1.09. The van der Waals surface area contributed by atoms with Gasteiger partial charge in [-0.3, -0.25) is 9.59 Å². The van der Waals surface area contributed by atoms with E-state index in [-0.39, 0.29) is 12.2 Å². The number of carbonyl (C=O) groups excluding carboxylic acids is 2. The maximum atomic E-state index is 13.4. The second-order valence-corrected chi connectivity index (χ2v) is 4.85.